The molecule has 126 valence electrons. The second-order valence-electron chi connectivity index (χ2n) is 5.59. The molecule has 2 amide bonds. The number of methoxy groups -OCH3 is 2. The van der Waals surface area contributed by atoms with Gasteiger partial charge >= 0.3 is 12.0 Å². The third-order valence-electron chi connectivity index (χ3n) is 4.01. The Morgan fingerprint density at radius 1 is 1.13 bits per heavy atom. The largest absolute Gasteiger partial charge is 0.496 e. The van der Waals surface area contributed by atoms with Crippen molar-refractivity contribution < 1.29 is 19.1 Å². The molecule has 1 fully saturated rings. The van der Waals surface area contributed by atoms with E-state index in [1.165, 1.54) is 27.1 Å². The van der Waals surface area contributed by atoms with E-state index in [1.54, 1.807) is 12.1 Å². The molecular weight excluding hydrogens is 296 g/mol. The second-order valence-corrected chi connectivity index (χ2v) is 5.59. The van der Waals surface area contributed by atoms with Crippen LogP contribution in [-0.2, 0) is 11.3 Å². The number of likely N-dealkylation sites (tertiary alicyclic amines) is 1. The molecule has 1 heterocycles. The molecule has 0 aromatic heterocycles. The molecule has 1 aliphatic heterocycles. The lowest BCUT2D eigenvalue weighted by atomic mass is 10.1. The third kappa shape index (κ3) is 4.61. The summed E-state index contributed by atoms with van der Waals surface area (Å²) >= 11 is 0. The molecule has 1 aromatic carbocycles. The molecule has 2 rings (SSSR count). The van der Waals surface area contributed by atoms with Gasteiger partial charge in [0.2, 0.25) is 0 Å². The number of nitrogens with one attached hydrogen (secondary N) is 1. The zero-order valence-corrected chi connectivity index (χ0v) is 13.8. The molecule has 1 saturated heterocycles. The molecule has 1 aliphatic rings. The minimum Gasteiger partial charge on any atom is -0.496 e. The summed E-state index contributed by atoms with van der Waals surface area (Å²) in [7, 11) is 2.83. The molecule has 23 heavy (non-hydrogen) atoms. The highest BCUT2D eigenvalue weighted by Crippen LogP contribution is 2.21. The first-order valence-corrected chi connectivity index (χ1v) is 7.93. The average Bonchev–Trinajstić information content (AvgIpc) is 2.88. The average molecular weight is 320 g/mol. The van der Waals surface area contributed by atoms with Gasteiger partial charge in [-0.15, -0.1) is 0 Å². The molecule has 0 bridgehead atoms. The Balaban J connectivity index is 1.99. The summed E-state index contributed by atoms with van der Waals surface area (Å²) in [5.41, 5.74) is 1.19. The quantitative estimate of drug-likeness (QED) is 0.866. The molecular formula is C17H24N2O4. The molecule has 0 atom stereocenters. The normalized spacial score (nSPS) is 14.8. The first-order chi connectivity index (χ1) is 11.2. The fraction of sp³-hybridized carbons (Fsp3) is 0.529. The van der Waals surface area contributed by atoms with Crippen molar-refractivity contribution in [3.05, 3.63) is 29.3 Å². The third-order valence-corrected chi connectivity index (χ3v) is 4.01. The Labute approximate surface area is 136 Å². The van der Waals surface area contributed by atoms with E-state index in [0.29, 0.717) is 17.9 Å². The van der Waals surface area contributed by atoms with E-state index in [0.717, 1.165) is 31.5 Å². The Morgan fingerprint density at radius 2 is 1.83 bits per heavy atom. The van der Waals surface area contributed by atoms with Gasteiger partial charge in [0, 0.05) is 19.6 Å². The van der Waals surface area contributed by atoms with Gasteiger partial charge < -0.3 is 19.7 Å². The van der Waals surface area contributed by atoms with Gasteiger partial charge in [0.15, 0.2) is 0 Å². The summed E-state index contributed by atoms with van der Waals surface area (Å²) in [4.78, 5) is 25.9. The number of ether oxygens (including phenoxy) is 2. The molecule has 0 aliphatic carbocycles. The molecule has 1 aromatic rings. The van der Waals surface area contributed by atoms with E-state index in [9.17, 15) is 9.59 Å². The van der Waals surface area contributed by atoms with Crippen molar-refractivity contribution in [1.82, 2.24) is 10.2 Å². The molecule has 6 heteroatoms. The van der Waals surface area contributed by atoms with Crippen molar-refractivity contribution >= 4 is 12.0 Å². The minimum absolute atomic E-state index is 0.0534. The minimum atomic E-state index is -0.456. The van der Waals surface area contributed by atoms with Crippen LogP contribution in [0.5, 0.6) is 5.75 Å². The Morgan fingerprint density at radius 3 is 2.43 bits per heavy atom. The lowest BCUT2D eigenvalue weighted by molar-refractivity contribution is 0.0597. The van der Waals surface area contributed by atoms with Gasteiger partial charge in [-0.1, -0.05) is 18.9 Å². The summed E-state index contributed by atoms with van der Waals surface area (Å²) in [5, 5.41) is 2.91. The van der Waals surface area contributed by atoms with E-state index in [1.807, 2.05) is 11.0 Å². The van der Waals surface area contributed by atoms with E-state index >= 15 is 0 Å². The fourth-order valence-corrected chi connectivity index (χ4v) is 2.70. The topological polar surface area (TPSA) is 67.9 Å². The monoisotopic (exact) mass is 320 g/mol. The van der Waals surface area contributed by atoms with Crippen molar-refractivity contribution in [3.63, 3.8) is 0 Å². The SMILES string of the molecule is COC(=O)c1cc(CNC(=O)N2CCCCCC2)ccc1OC. The number of hydrogen-bond donors (Lipinski definition) is 1. The zero-order valence-electron chi connectivity index (χ0n) is 13.8. The number of esters is 1. The van der Waals surface area contributed by atoms with Crippen LogP contribution < -0.4 is 10.1 Å². The fourth-order valence-electron chi connectivity index (χ4n) is 2.70. The Bertz CT molecular complexity index is 552. The Hall–Kier alpha value is -2.24. The predicted molar refractivity (Wildman–Crippen MR) is 86.6 cm³/mol. The first-order valence-electron chi connectivity index (χ1n) is 7.93. The number of rotatable bonds is 4. The van der Waals surface area contributed by atoms with Gasteiger partial charge in [0.05, 0.1) is 14.2 Å². The highest BCUT2D eigenvalue weighted by atomic mass is 16.5. The summed E-state index contributed by atoms with van der Waals surface area (Å²) in [5.74, 6) is 0.00184. The van der Waals surface area contributed by atoms with Crippen LogP contribution in [0.1, 0.15) is 41.6 Å². The van der Waals surface area contributed by atoms with Gasteiger partial charge in [0.25, 0.3) is 0 Å². The van der Waals surface area contributed by atoms with Gasteiger partial charge in [-0.25, -0.2) is 9.59 Å². The van der Waals surface area contributed by atoms with Crippen molar-refractivity contribution in [2.45, 2.75) is 32.2 Å². The van der Waals surface area contributed by atoms with Crippen molar-refractivity contribution in [2.75, 3.05) is 27.3 Å². The number of carbonyl (C=O) groups excluding carboxylic acids is 2. The van der Waals surface area contributed by atoms with Gasteiger partial charge in [-0.3, -0.25) is 0 Å². The summed E-state index contributed by atoms with van der Waals surface area (Å²) in [6, 6.07) is 5.17. The number of nitrogens with zero attached hydrogens (tertiary/aromatic N) is 1. The maximum atomic E-state index is 12.2. The van der Waals surface area contributed by atoms with Gasteiger partial charge in [-0.2, -0.15) is 0 Å². The predicted octanol–water partition coefficient (Wildman–Crippen LogP) is 2.57. The standard InChI is InChI=1S/C17H24N2O4/c1-22-15-8-7-13(11-14(15)16(20)23-2)12-18-17(21)19-9-5-3-4-6-10-19/h7-8,11H,3-6,9-10,12H2,1-2H3,(H,18,21). The molecule has 1 N–H and O–H groups in total. The van der Waals surface area contributed by atoms with Crippen LogP contribution in [0.4, 0.5) is 4.79 Å². The number of amides is 2. The lowest BCUT2D eigenvalue weighted by Crippen LogP contribution is -2.40. The van der Waals surface area contributed by atoms with Crippen molar-refractivity contribution in [2.24, 2.45) is 0 Å². The maximum Gasteiger partial charge on any atom is 0.341 e. The van der Waals surface area contributed by atoms with Crippen LogP contribution in [0, 0.1) is 0 Å². The van der Waals surface area contributed by atoms with Crippen molar-refractivity contribution in [1.29, 1.82) is 0 Å². The van der Waals surface area contributed by atoms with Crippen LogP contribution in [-0.4, -0.2) is 44.2 Å². The first kappa shape index (κ1) is 17.1. The van der Waals surface area contributed by atoms with Crippen LogP contribution in [0.15, 0.2) is 18.2 Å². The number of carbonyl (C=O) groups is 2. The molecule has 6 nitrogen and oxygen atoms in total. The van der Waals surface area contributed by atoms with E-state index in [-0.39, 0.29) is 6.03 Å². The number of hydrogen-bond acceptors (Lipinski definition) is 4. The number of benzene rings is 1. The summed E-state index contributed by atoms with van der Waals surface area (Å²) in [6.07, 6.45) is 4.49. The summed E-state index contributed by atoms with van der Waals surface area (Å²) in [6.45, 7) is 1.98. The molecule has 0 radical (unpaired) electrons. The second kappa shape index (κ2) is 8.41. The highest BCUT2D eigenvalue weighted by molar-refractivity contribution is 5.92. The molecule has 0 unspecified atom stereocenters. The van der Waals surface area contributed by atoms with Crippen molar-refractivity contribution in [3.8, 4) is 5.75 Å². The highest BCUT2D eigenvalue weighted by Gasteiger charge is 2.16. The van der Waals surface area contributed by atoms with Crippen LogP contribution in [0.3, 0.4) is 0 Å². The van der Waals surface area contributed by atoms with Crippen LogP contribution in [0.2, 0.25) is 0 Å². The lowest BCUT2D eigenvalue weighted by Gasteiger charge is -2.21. The van der Waals surface area contributed by atoms with Crippen LogP contribution >= 0.6 is 0 Å². The maximum absolute atomic E-state index is 12.2. The van der Waals surface area contributed by atoms with Crippen LogP contribution in [0.25, 0.3) is 0 Å². The van der Waals surface area contributed by atoms with E-state index in [4.69, 9.17) is 9.47 Å². The summed E-state index contributed by atoms with van der Waals surface area (Å²) < 4.78 is 9.92. The van der Waals surface area contributed by atoms with Gasteiger partial charge in [-0.05, 0) is 30.5 Å². The van der Waals surface area contributed by atoms with E-state index < -0.39 is 5.97 Å². The van der Waals surface area contributed by atoms with E-state index in [2.05, 4.69) is 5.32 Å². The number of urea groups is 1. The van der Waals surface area contributed by atoms with Gasteiger partial charge in [0.1, 0.15) is 11.3 Å². The smallest absolute Gasteiger partial charge is 0.341 e. The molecule has 0 saturated carbocycles. The molecule has 0 spiro atoms. The Kier molecular flexibility index (Phi) is 6.26. The zero-order chi connectivity index (χ0) is 16.7.